The molecule has 0 amide bonds. The number of anilines is 3. The van der Waals surface area contributed by atoms with E-state index in [0.717, 1.165) is 28.3 Å². The standard InChI is InChI=1S/C54H38N2/c1-5-19-39(20-6-1)45-27-13-14-28-46(45)41-35-37-44(38-36-41)55(43-25-11-4-12-26-43)51-33-18-34-52-54(51)48-29-15-16-31-49(48)56(52)50-32-17-30-47(40-21-7-2-8-22-40)53(50)42-23-9-3-10-24-42/h1-38H. The van der Waals surface area contributed by atoms with E-state index in [1.807, 2.05) is 0 Å². The molecule has 1 aromatic heterocycles. The Morgan fingerprint density at radius 3 is 1.43 bits per heavy atom. The van der Waals surface area contributed by atoms with Gasteiger partial charge in [0.1, 0.15) is 0 Å². The topological polar surface area (TPSA) is 8.17 Å². The Labute approximate surface area is 327 Å². The van der Waals surface area contributed by atoms with Gasteiger partial charge in [-0.2, -0.15) is 0 Å². The predicted molar refractivity (Wildman–Crippen MR) is 237 cm³/mol. The van der Waals surface area contributed by atoms with Crippen LogP contribution in [0.1, 0.15) is 0 Å². The lowest BCUT2D eigenvalue weighted by Gasteiger charge is -2.27. The fourth-order valence-electron chi connectivity index (χ4n) is 8.34. The van der Waals surface area contributed by atoms with Gasteiger partial charge in [-0.3, -0.25) is 0 Å². The molecule has 0 bridgehead atoms. The van der Waals surface area contributed by atoms with Crippen LogP contribution in [0.5, 0.6) is 0 Å². The number of hydrogen-bond donors (Lipinski definition) is 0. The zero-order chi connectivity index (χ0) is 37.3. The number of aromatic nitrogens is 1. The molecule has 0 atom stereocenters. The van der Waals surface area contributed by atoms with Gasteiger partial charge >= 0.3 is 0 Å². The second kappa shape index (κ2) is 14.4. The molecule has 0 aliphatic rings. The highest BCUT2D eigenvalue weighted by atomic mass is 15.1. The van der Waals surface area contributed by atoms with Crippen molar-refractivity contribution >= 4 is 38.9 Å². The van der Waals surface area contributed by atoms with Crippen LogP contribution in [0.15, 0.2) is 231 Å². The lowest BCUT2D eigenvalue weighted by molar-refractivity contribution is 1.18. The van der Waals surface area contributed by atoms with E-state index in [4.69, 9.17) is 0 Å². The highest BCUT2D eigenvalue weighted by molar-refractivity contribution is 6.17. The Morgan fingerprint density at radius 2 is 0.768 bits per heavy atom. The smallest absolute Gasteiger partial charge is 0.0562 e. The third-order valence-corrected chi connectivity index (χ3v) is 10.8. The minimum Gasteiger partial charge on any atom is -0.310 e. The number of fused-ring (bicyclic) bond motifs is 3. The number of hydrogen-bond acceptors (Lipinski definition) is 1. The van der Waals surface area contributed by atoms with Crippen LogP contribution >= 0.6 is 0 Å². The molecule has 9 aromatic carbocycles. The van der Waals surface area contributed by atoms with Crippen molar-refractivity contribution in [3.05, 3.63) is 231 Å². The number of nitrogens with zero attached hydrogens (tertiary/aromatic N) is 2. The van der Waals surface area contributed by atoms with Gasteiger partial charge < -0.3 is 9.47 Å². The summed E-state index contributed by atoms with van der Waals surface area (Å²) in [5.74, 6) is 0. The molecule has 0 saturated carbocycles. The van der Waals surface area contributed by atoms with Crippen LogP contribution in [0.3, 0.4) is 0 Å². The van der Waals surface area contributed by atoms with Crippen LogP contribution in [0, 0.1) is 0 Å². The van der Waals surface area contributed by atoms with E-state index in [0.29, 0.717) is 0 Å². The largest absolute Gasteiger partial charge is 0.310 e. The Balaban J connectivity index is 1.19. The number of rotatable bonds is 8. The van der Waals surface area contributed by atoms with Crippen LogP contribution in [0.25, 0.3) is 72.0 Å². The Bertz CT molecular complexity index is 2930. The minimum absolute atomic E-state index is 1.09. The van der Waals surface area contributed by atoms with E-state index in [9.17, 15) is 0 Å². The van der Waals surface area contributed by atoms with Crippen molar-refractivity contribution in [3.63, 3.8) is 0 Å². The highest BCUT2D eigenvalue weighted by Crippen LogP contribution is 2.46. The molecule has 56 heavy (non-hydrogen) atoms. The number of benzene rings is 9. The van der Waals surface area contributed by atoms with Crippen molar-refractivity contribution in [1.29, 1.82) is 0 Å². The second-order valence-electron chi connectivity index (χ2n) is 14.1. The van der Waals surface area contributed by atoms with Gasteiger partial charge in [-0.25, -0.2) is 0 Å². The number of para-hydroxylation sites is 2. The van der Waals surface area contributed by atoms with E-state index in [-0.39, 0.29) is 0 Å². The minimum atomic E-state index is 1.09. The van der Waals surface area contributed by atoms with E-state index in [1.54, 1.807) is 0 Å². The first-order valence-electron chi connectivity index (χ1n) is 19.2. The van der Waals surface area contributed by atoms with Gasteiger partial charge in [0, 0.05) is 27.7 Å². The second-order valence-corrected chi connectivity index (χ2v) is 14.1. The fraction of sp³-hybridized carbons (Fsp3) is 0. The molecule has 0 unspecified atom stereocenters. The molecule has 2 nitrogen and oxygen atoms in total. The molecule has 0 aliphatic carbocycles. The van der Waals surface area contributed by atoms with Crippen LogP contribution in [-0.2, 0) is 0 Å². The zero-order valence-corrected chi connectivity index (χ0v) is 30.8. The lowest BCUT2D eigenvalue weighted by atomic mass is 9.93. The van der Waals surface area contributed by atoms with E-state index >= 15 is 0 Å². The van der Waals surface area contributed by atoms with E-state index in [2.05, 4.69) is 240 Å². The summed E-state index contributed by atoms with van der Waals surface area (Å²) in [5.41, 5.74) is 16.4. The Kier molecular flexibility index (Phi) is 8.55. The fourth-order valence-corrected chi connectivity index (χ4v) is 8.34. The molecule has 1 heterocycles. The molecular formula is C54H38N2. The van der Waals surface area contributed by atoms with Gasteiger partial charge in [-0.15, -0.1) is 0 Å². The van der Waals surface area contributed by atoms with Gasteiger partial charge in [-0.05, 0) is 87.5 Å². The molecule has 0 saturated heterocycles. The average molecular weight is 715 g/mol. The first-order chi connectivity index (χ1) is 27.8. The molecule has 264 valence electrons. The molecule has 0 N–H and O–H groups in total. The average Bonchev–Trinajstić information content (AvgIpc) is 3.63. The summed E-state index contributed by atoms with van der Waals surface area (Å²) in [7, 11) is 0. The van der Waals surface area contributed by atoms with Crippen LogP contribution in [0.4, 0.5) is 17.1 Å². The molecule has 0 aliphatic heterocycles. The van der Waals surface area contributed by atoms with Gasteiger partial charge in [0.15, 0.2) is 0 Å². The van der Waals surface area contributed by atoms with Gasteiger partial charge in [0.05, 0.1) is 22.4 Å². The highest BCUT2D eigenvalue weighted by Gasteiger charge is 2.23. The first-order valence-corrected chi connectivity index (χ1v) is 19.2. The molecular weight excluding hydrogens is 677 g/mol. The normalized spacial score (nSPS) is 11.2. The summed E-state index contributed by atoms with van der Waals surface area (Å²) in [6.07, 6.45) is 0. The van der Waals surface area contributed by atoms with Crippen molar-refractivity contribution in [2.75, 3.05) is 4.90 Å². The van der Waals surface area contributed by atoms with Gasteiger partial charge in [0.25, 0.3) is 0 Å². The molecule has 0 spiro atoms. The Hall–Kier alpha value is -7.42. The molecule has 0 fully saturated rings. The van der Waals surface area contributed by atoms with Crippen LogP contribution in [0.2, 0.25) is 0 Å². The summed E-state index contributed by atoms with van der Waals surface area (Å²) < 4.78 is 2.47. The Morgan fingerprint density at radius 1 is 0.304 bits per heavy atom. The van der Waals surface area contributed by atoms with E-state index < -0.39 is 0 Å². The van der Waals surface area contributed by atoms with E-state index in [1.165, 1.54) is 60.8 Å². The molecule has 2 heteroatoms. The van der Waals surface area contributed by atoms with Crippen molar-refractivity contribution in [1.82, 2.24) is 4.57 Å². The summed E-state index contributed by atoms with van der Waals surface area (Å²) in [6, 6.07) is 83.0. The van der Waals surface area contributed by atoms with Crippen LogP contribution in [-0.4, -0.2) is 4.57 Å². The van der Waals surface area contributed by atoms with Crippen LogP contribution < -0.4 is 4.90 Å². The van der Waals surface area contributed by atoms with Crippen molar-refractivity contribution in [2.24, 2.45) is 0 Å². The first kappa shape index (κ1) is 33.2. The monoisotopic (exact) mass is 714 g/mol. The summed E-state index contributed by atoms with van der Waals surface area (Å²) in [4.78, 5) is 2.41. The summed E-state index contributed by atoms with van der Waals surface area (Å²) in [6.45, 7) is 0. The SMILES string of the molecule is c1ccc(-c2ccccc2-c2ccc(N(c3ccccc3)c3cccc4c3c3ccccc3n4-c3cccc(-c4ccccc4)c3-c3ccccc3)cc2)cc1. The van der Waals surface area contributed by atoms with Crippen molar-refractivity contribution < 1.29 is 0 Å². The summed E-state index contributed by atoms with van der Waals surface area (Å²) in [5, 5.41) is 2.41. The third-order valence-electron chi connectivity index (χ3n) is 10.8. The predicted octanol–water partition coefficient (Wildman–Crippen LogP) is 14.9. The zero-order valence-electron chi connectivity index (χ0n) is 30.8. The molecule has 0 radical (unpaired) electrons. The lowest BCUT2D eigenvalue weighted by Crippen LogP contribution is -2.10. The maximum absolute atomic E-state index is 2.47. The summed E-state index contributed by atoms with van der Waals surface area (Å²) >= 11 is 0. The molecule has 10 aromatic rings. The molecule has 10 rings (SSSR count). The quantitative estimate of drug-likeness (QED) is 0.152. The third kappa shape index (κ3) is 5.85. The maximum atomic E-state index is 2.47. The van der Waals surface area contributed by atoms with Gasteiger partial charge in [-0.1, -0.05) is 182 Å². The van der Waals surface area contributed by atoms with Crippen molar-refractivity contribution in [3.8, 4) is 50.2 Å². The van der Waals surface area contributed by atoms with Crippen molar-refractivity contribution in [2.45, 2.75) is 0 Å². The maximum Gasteiger partial charge on any atom is 0.0562 e. The van der Waals surface area contributed by atoms with Gasteiger partial charge in [0.2, 0.25) is 0 Å².